The summed E-state index contributed by atoms with van der Waals surface area (Å²) in [7, 11) is 0. The summed E-state index contributed by atoms with van der Waals surface area (Å²) in [4.78, 5) is 6.81. The fourth-order valence-corrected chi connectivity index (χ4v) is 5.22. The van der Waals surface area contributed by atoms with E-state index in [1.165, 1.54) is 11.1 Å². The van der Waals surface area contributed by atoms with E-state index in [0.29, 0.717) is 10.0 Å². The molecule has 0 saturated heterocycles. The Morgan fingerprint density at radius 1 is 0.778 bits per heavy atom. The van der Waals surface area contributed by atoms with E-state index in [1.54, 1.807) is 0 Å². The molecule has 5 rings (SSSR count). The molecule has 2 aliphatic heterocycles. The van der Waals surface area contributed by atoms with Crippen LogP contribution >= 0.6 is 47.2 Å². The van der Waals surface area contributed by atoms with Crippen molar-refractivity contribution in [3.05, 3.63) is 94.8 Å². The Kier molecular flexibility index (Phi) is 8.43. The fraction of sp³-hybridized carbons (Fsp3) is 0.241. The van der Waals surface area contributed by atoms with Gasteiger partial charge in [-0.1, -0.05) is 65.7 Å². The Hall–Kier alpha value is -2.35. The largest absolute Gasteiger partial charge is 0.465 e. The van der Waals surface area contributed by atoms with Crippen molar-refractivity contribution in [3.8, 4) is 16.9 Å². The summed E-state index contributed by atoms with van der Waals surface area (Å²) in [6.45, 7) is 8.95. The number of hydrogen-bond donors (Lipinski definition) is 0. The van der Waals surface area contributed by atoms with E-state index in [9.17, 15) is 0 Å². The number of nitrogens with zero attached hydrogens (tertiary/aromatic N) is 3. The molecule has 0 saturated carbocycles. The van der Waals surface area contributed by atoms with Crippen LogP contribution in [-0.2, 0) is 0 Å². The van der Waals surface area contributed by atoms with Crippen LogP contribution in [0.5, 0.6) is 5.75 Å². The molecule has 0 fully saturated rings. The molecule has 1 atom stereocenters. The summed E-state index contributed by atoms with van der Waals surface area (Å²) >= 11 is 12.7. The van der Waals surface area contributed by atoms with Gasteiger partial charge in [0.2, 0.25) is 0 Å². The molecule has 36 heavy (non-hydrogen) atoms. The van der Waals surface area contributed by atoms with Gasteiger partial charge in [0.25, 0.3) is 0 Å². The standard InChI is InChI=1S/C29H29Cl2N3O.HI/c1-4-32-24-18-22(30)23(31)19-25(24)33(5-2)28(32)13-10-14-29-34(6-3)26-17-21(15-16-27(26)35-29)20-11-8-7-9-12-20;/h7-19,29H,4-6H2,1-3H3;1H/b14-10+;. The monoisotopic (exact) mass is 633 g/mol. The van der Waals surface area contributed by atoms with Gasteiger partial charge in [-0.25, -0.2) is 0 Å². The van der Waals surface area contributed by atoms with Crippen LogP contribution in [0, 0.1) is 0 Å². The van der Waals surface area contributed by atoms with Crippen LogP contribution in [0.4, 0.5) is 17.1 Å². The van der Waals surface area contributed by atoms with Gasteiger partial charge < -0.3 is 19.4 Å². The van der Waals surface area contributed by atoms with Crippen LogP contribution in [-0.4, -0.2) is 25.9 Å². The lowest BCUT2D eigenvalue weighted by atomic mass is 10.0. The first kappa shape index (κ1) is 26.7. The number of benzene rings is 3. The second-order valence-corrected chi connectivity index (χ2v) is 9.31. The van der Waals surface area contributed by atoms with E-state index in [2.05, 4.69) is 96.2 Å². The van der Waals surface area contributed by atoms with Gasteiger partial charge in [-0.05, 0) is 68.3 Å². The van der Waals surface area contributed by atoms with Crippen molar-refractivity contribution < 1.29 is 4.74 Å². The highest BCUT2D eigenvalue weighted by Gasteiger charge is 2.31. The number of halogens is 3. The maximum absolute atomic E-state index is 6.34. The third kappa shape index (κ3) is 4.81. The molecular formula is C29H30Cl2IN3O. The molecule has 0 bridgehead atoms. The molecule has 0 radical (unpaired) electrons. The van der Waals surface area contributed by atoms with E-state index in [4.69, 9.17) is 27.9 Å². The van der Waals surface area contributed by atoms with Crippen molar-refractivity contribution in [3.63, 3.8) is 0 Å². The highest BCUT2D eigenvalue weighted by molar-refractivity contribution is 14.0. The van der Waals surface area contributed by atoms with Crippen LogP contribution in [0.15, 0.2) is 84.7 Å². The van der Waals surface area contributed by atoms with Crippen LogP contribution in [0.25, 0.3) is 11.1 Å². The third-order valence-corrected chi connectivity index (χ3v) is 7.30. The molecule has 0 aliphatic carbocycles. The van der Waals surface area contributed by atoms with Crippen molar-refractivity contribution >= 4 is 64.2 Å². The summed E-state index contributed by atoms with van der Waals surface area (Å²) in [5, 5.41) is 1.14. The number of likely N-dealkylation sites (N-methyl/N-ethyl adjacent to an activating group) is 1. The topological polar surface area (TPSA) is 19.0 Å². The smallest absolute Gasteiger partial charge is 0.192 e. The molecule has 3 aromatic rings. The predicted molar refractivity (Wildman–Crippen MR) is 164 cm³/mol. The van der Waals surface area contributed by atoms with E-state index in [1.807, 2.05) is 18.2 Å². The second-order valence-electron chi connectivity index (χ2n) is 8.50. The number of allylic oxidation sites excluding steroid dienone is 2. The van der Waals surface area contributed by atoms with Crippen molar-refractivity contribution in [2.24, 2.45) is 0 Å². The quantitative estimate of drug-likeness (QED) is 0.253. The Labute approximate surface area is 240 Å². The lowest BCUT2D eigenvalue weighted by molar-refractivity contribution is 0.275. The van der Waals surface area contributed by atoms with Crippen LogP contribution in [0.1, 0.15) is 20.8 Å². The van der Waals surface area contributed by atoms with E-state index >= 15 is 0 Å². The van der Waals surface area contributed by atoms with Gasteiger partial charge in [0.15, 0.2) is 6.23 Å². The zero-order valence-corrected chi connectivity index (χ0v) is 24.5. The average molecular weight is 634 g/mol. The fourth-order valence-electron chi connectivity index (χ4n) is 4.91. The first-order valence-corrected chi connectivity index (χ1v) is 12.9. The third-order valence-electron chi connectivity index (χ3n) is 6.58. The van der Waals surface area contributed by atoms with Crippen LogP contribution in [0.2, 0.25) is 10.0 Å². The molecule has 0 aromatic heterocycles. The zero-order valence-electron chi connectivity index (χ0n) is 20.6. The lowest BCUT2D eigenvalue weighted by Gasteiger charge is -2.23. The van der Waals surface area contributed by atoms with Crippen molar-refractivity contribution in [2.75, 3.05) is 34.3 Å². The van der Waals surface area contributed by atoms with Gasteiger partial charge in [0.1, 0.15) is 11.6 Å². The van der Waals surface area contributed by atoms with Gasteiger partial charge in [0.05, 0.1) is 27.1 Å². The number of ether oxygens (including phenoxy) is 1. The van der Waals surface area contributed by atoms with Crippen molar-refractivity contribution in [1.82, 2.24) is 0 Å². The Bertz CT molecular complexity index is 1260. The minimum absolute atomic E-state index is 0. The molecule has 2 heterocycles. The van der Waals surface area contributed by atoms with E-state index in [-0.39, 0.29) is 30.2 Å². The minimum atomic E-state index is -0.157. The van der Waals surface area contributed by atoms with Gasteiger partial charge in [-0.2, -0.15) is 0 Å². The first-order chi connectivity index (χ1) is 17.0. The number of fused-ring (bicyclic) bond motifs is 2. The van der Waals surface area contributed by atoms with Gasteiger partial charge in [-0.15, -0.1) is 24.0 Å². The SMILES string of the molecule is CCN1C(=C/C=C/C2Oc3ccc(-c4ccccc4)cc3N2CC)N(CC)c2cc(Cl)c(Cl)cc21.I. The molecule has 2 aliphatic rings. The minimum Gasteiger partial charge on any atom is -0.465 e. The molecule has 7 heteroatoms. The van der Waals surface area contributed by atoms with Gasteiger partial charge in [0, 0.05) is 19.6 Å². The molecule has 0 N–H and O–H groups in total. The summed E-state index contributed by atoms with van der Waals surface area (Å²) in [5.74, 6) is 2.02. The normalized spacial score (nSPS) is 16.2. The van der Waals surface area contributed by atoms with E-state index in [0.717, 1.165) is 48.3 Å². The van der Waals surface area contributed by atoms with Gasteiger partial charge in [-0.3, -0.25) is 0 Å². The zero-order chi connectivity index (χ0) is 24.5. The number of anilines is 3. The van der Waals surface area contributed by atoms with Crippen molar-refractivity contribution in [1.29, 1.82) is 0 Å². The first-order valence-electron chi connectivity index (χ1n) is 12.1. The number of rotatable bonds is 6. The summed E-state index contributed by atoms with van der Waals surface area (Å²) in [6.07, 6.45) is 6.19. The highest BCUT2D eigenvalue weighted by atomic mass is 127. The molecule has 1 unspecified atom stereocenters. The predicted octanol–water partition coefficient (Wildman–Crippen LogP) is 8.59. The van der Waals surface area contributed by atoms with Crippen LogP contribution < -0.4 is 19.4 Å². The average Bonchev–Trinajstić information content (AvgIpc) is 3.38. The lowest BCUT2D eigenvalue weighted by Crippen LogP contribution is -2.32. The highest BCUT2D eigenvalue weighted by Crippen LogP contribution is 2.45. The summed E-state index contributed by atoms with van der Waals surface area (Å²) in [5.41, 5.74) is 5.68. The Morgan fingerprint density at radius 2 is 1.42 bits per heavy atom. The van der Waals surface area contributed by atoms with E-state index < -0.39 is 0 Å². The molecule has 0 spiro atoms. The molecule has 0 amide bonds. The maximum Gasteiger partial charge on any atom is 0.192 e. The molecular weight excluding hydrogens is 604 g/mol. The maximum atomic E-state index is 6.34. The Morgan fingerprint density at radius 3 is 2.00 bits per heavy atom. The molecule has 4 nitrogen and oxygen atoms in total. The molecule has 3 aromatic carbocycles. The second kappa shape index (κ2) is 11.4. The number of hydrogen-bond acceptors (Lipinski definition) is 4. The molecule has 188 valence electrons. The van der Waals surface area contributed by atoms with Crippen LogP contribution in [0.3, 0.4) is 0 Å². The summed E-state index contributed by atoms with van der Waals surface area (Å²) in [6, 6.07) is 20.8. The van der Waals surface area contributed by atoms with Crippen molar-refractivity contribution in [2.45, 2.75) is 27.0 Å². The Balaban J connectivity index is 0.00000304. The summed E-state index contributed by atoms with van der Waals surface area (Å²) < 4.78 is 6.31. The van der Waals surface area contributed by atoms with Gasteiger partial charge >= 0.3 is 0 Å².